The van der Waals surface area contributed by atoms with Gasteiger partial charge in [-0.2, -0.15) is 0 Å². The monoisotopic (exact) mass is 262 g/mol. The van der Waals surface area contributed by atoms with E-state index in [1.165, 1.54) is 23.2 Å². The Balaban J connectivity index is 2.00. The largest absolute Gasteiger partial charge is 0.379 e. The molecule has 1 N–H and O–H groups in total. The minimum absolute atomic E-state index is 0.531. The van der Waals surface area contributed by atoms with Crippen LogP contribution >= 0.6 is 0 Å². The van der Waals surface area contributed by atoms with Gasteiger partial charge in [0, 0.05) is 25.9 Å². The van der Waals surface area contributed by atoms with Crippen LogP contribution in [-0.4, -0.2) is 32.8 Å². The highest BCUT2D eigenvalue weighted by Crippen LogP contribution is 2.23. The molecular formula is C16H26N2O. The smallest absolute Gasteiger partial charge is 0.0670 e. The Morgan fingerprint density at radius 1 is 1.42 bits per heavy atom. The summed E-state index contributed by atoms with van der Waals surface area (Å²) in [6, 6.07) is 7.30. The molecule has 0 aromatic heterocycles. The Hall–Kier alpha value is -1.06. The number of anilines is 1. The number of hydrogen-bond donors (Lipinski definition) is 1. The molecule has 1 heterocycles. The van der Waals surface area contributed by atoms with E-state index >= 15 is 0 Å². The lowest BCUT2D eigenvalue weighted by atomic mass is 10.1. The summed E-state index contributed by atoms with van der Waals surface area (Å²) >= 11 is 0. The standard InChI is InChI=1S/C16H26N2O/c1-4-8-17-11-14-5-6-15(10-13(14)2)18(3)16-7-9-19-12-16/h5-6,10,16-17H,4,7-9,11-12H2,1-3H3. The average molecular weight is 262 g/mol. The summed E-state index contributed by atoms with van der Waals surface area (Å²) in [4.78, 5) is 2.35. The van der Waals surface area contributed by atoms with Crippen LogP contribution in [0.5, 0.6) is 0 Å². The van der Waals surface area contributed by atoms with Crippen molar-refractivity contribution in [3.05, 3.63) is 29.3 Å². The summed E-state index contributed by atoms with van der Waals surface area (Å²) in [6.07, 6.45) is 2.32. The summed E-state index contributed by atoms with van der Waals surface area (Å²) in [7, 11) is 2.17. The van der Waals surface area contributed by atoms with E-state index in [1.807, 2.05) is 0 Å². The number of nitrogens with one attached hydrogen (secondary N) is 1. The molecular weight excluding hydrogens is 236 g/mol. The summed E-state index contributed by atoms with van der Waals surface area (Å²) in [5, 5.41) is 3.46. The quantitative estimate of drug-likeness (QED) is 0.798. The predicted octanol–water partition coefficient (Wildman–Crippen LogP) is 2.72. The molecule has 0 aliphatic carbocycles. The number of likely N-dealkylation sites (N-methyl/N-ethyl adjacent to an activating group) is 1. The Morgan fingerprint density at radius 2 is 2.26 bits per heavy atom. The van der Waals surface area contributed by atoms with Crippen molar-refractivity contribution in [2.75, 3.05) is 31.7 Å². The molecule has 106 valence electrons. The van der Waals surface area contributed by atoms with Gasteiger partial charge < -0.3 is 15.0 Å². The Labute approximate surface area is 116 Å². The highest BCUT2D eigenvalue weighted by atomic mass is 16.5. The minimum atomic E-state index is 0.531. The summed E-state index contributed by atoms with van der Waals surface area (Å²) in [5.74, 6) is 0. The normalized spacial score (nSPS) is 18.8. The number of benzene rings is 1. The van der Waals surface area contributed by atoms with Crippen molar-refractivity contribution in [2.24, 2.45) is 0 Å². The molecule has 19 heavy (non-hydrogen) atoms. The van der Waals surface area contributed by atoms with Gasteiger partial charge in [0.1, 0.15) is 0 Å². The third kappa shape index (κ3) is 3.71. The van der Waals surface area contributed by atoms with Crippen molar-refractivity contribution in [1.82, 2.24) is 5.32 Å². The topological polar surface area (TPSA) is 24.5 Å². The van der Waals surface area contributed by atoms with Gasteiger partial charge in [-0.3, -0.25) is 0 Å². The first-order chi connectivity index (χ1) is 9.22. The van der Waals surface area contributed by atoms with Crippen molar-refractivity contribution in [1.29, 1.82) is 0 Å². The third-order valence-electron chi connectivity index (χ3n) is 3.93. The molecule has 0 amide bonds. The number of nitrogens with zero attached hydrogens (tertiary/aromatic N) is 1. The van der Waals surface area contributed by atoms with Gasteiger partial charge in [0.15, 0.2) is 0 Å². The fourth-order valence-corrected chi connectivity index (χ4v) is 2.54. The van der Waals surface area contributed by atoms with Gasteiger partial charge in [0.25, 0.3) is 0 Å². The van der Waals surface area contributed by atoms with E-state index in [9.17, 15) is 0 Å². The molecule has 1 unspecified atom stereocenters. The van der Waals surface area contributed by atoms with Gasteiger partial charge in [-0.15, -0.1) is 0 Å². The van der Waals surface area contributed by atoms with Crippen LogP contribution in [-0.2, 0) is 11.3 Å². The highest BCUT2D eigenvalue weighted by Gasteiger charge is 2.20. The van der Waals surface area contributed by atoms with Crippen molar-refractivity contribution >= 4 is 5.69 Å². The van der Waals surface area contributed by atoms with E-state index in [-0.39, 0.29) is 0 Å². The van der Waals surface area contributed by atoms with Crippen LogP contribution in [0.1, 0.15) is 30.9 Å². The van der Waals surface area contributed by atoms with Gasteiger partial charge in [0.05, 0.1) is 12.6 Å². The maximum atomic E-state index is 5.47. The molecule has 2 rings (SSSR count). The van der Waals surface area contributed by atoms with Crippen LogP contribution in [0, 0.1) is 6.92 Å². The molecule has 0 bridgehead atoms. The van der Waals surface area contributed by atoms with Crippen molar-refractivity contribution in [3.63, 3.8) is 0 Å². The zero-order valence-electron chi connectivity index (χ0n) is 12.4. The van der Waals surface area contributed by atoms with E-state index < -0.39 is 0 Å². The van der Waals surface area contributed by atoms with Crippen LogP contribution in [0.2, 0.25) is 0 Å². The van der Waals surface area contributed by atoms with Gasteiger partial charge in [-0.25, -0.2) is 0 Å². The van der Waals surface area contributed by atoms with E-state index in [1.54, 1.807) is 0 Å². The molecule has 1 aliphatic heterocycles. The zero-order valence-corrected chi connectivity index (χ0v) is 12.4. The van der Waals surface area contributed by atoms with Crippen LogP contribution in [0.15, 0.2) is 18.2 Å². The van der Waals surface area contributed by atoms with Crippen LogP contribution in [0.25, 0.3) is 0 Å². The van der Waals surface area contributed by atoms with Crippen molar-refractivity contribution in [3.8, 4) is 0 Å². The van der Waals surface area contributed by atoms with Crippen molar-refractivity contribution < 1.29 is 4.74 Å². The van der Waals surface area contributed by atoms with Crippen LogP contribution in [0.4, 0.5) is 5.69 Å². The first-order valence-corrected chi connectivity index (χ1v) is 7.33. The second-order valence-corrected chi connectivity index (χ2v) is 5.42. The highest BCUT2D eigenvalue weighted by molar-refractivity contribution is 5.51. The summed E-state index contributed by atoms with van der Waals surface area (Å²) in [6.45, 7) is 8.20. The maximum Gasteiger partial charge on any atom is 0.0670 e. The fraction of sp³-hybridized carbons (Fsp3) is 0.625. The van der Waals surface area contributed by atoms with E-state index in [4.69, 9.17) is 4.74 Å². The van der Waals surface area contributed by atoms with E-state index in [0.29, 0.717) is 6.04 Å². The first-order valence-electron chi connectivity index (χ1n) is 7.33. The molecule has 3 heteroatoms. The molecule has 1 aromatic carbocycles. The molecule has 0 spiro atoms. The van der Waals surface area contributed by atoms with Crippen LogP contribution in [0.3, 0.4) is 0 Å². The van der Waals surface area contributed by atoms with E-state index in [2.05, 4.69) is 49.3 Å². The molecule has 0 radical (unpaired) electrons. The SMILES string of the molecule is CCCNCc1ccc(N(C)C2CCOC2)cc1C. The lowest BCUT2D eigenvalue weighted by Crippen LogP contribution is -2.31. The molecule has 1 aliphatic rings. The first kappa shape index (κ1) is 14.4. The third-order valence-corrected chi connectivity index (χ3v) is 3.93. The maximum absolute atomic E-state index is 5.47. The summed E-state index contributed by atoms with van der Waals surface area (Å²) < 4.78 is 5.47. The lowest BCUT2D eigenvalue weighted by Gasteiger charge is -2.26. The molecule has 1 fully saturated rings. The lowest BCUT2D eigenvalue weighted by molar-refractivity contribution is 0.193. The Bertz CT molecular complexity index is 400. The number of hydrogen-bond acceptors (Lipinski definition) is 3. The predicted molar refractivity (Wildman–Crippen MR) is 80.8 cm³/mol. The number of ether oxygens (including phenoxy) is 1. The minimum Gasteiger partial charge on any atom is -0.379 e. The number of rotatable bonds is 6. The molecule has 0 saturated carbocycles. The average Bonchev–Trinajstić information content (AvgIpc) is 2.94. The second kappa shape index (κ2) is 6.92. The molecule has 1 saturated heterocycles. The van der Waals surface area contributed by atoms with E-state index in [0.717, 1.165) is 32.7 Å². The Morgan fingerprint density at radius 3 is 2.89 bits per heavy atom. The van der Waals surface area contributed by atoms with Gasteiger partial charge in [-0.1, -0.05) is 13.0 Å². The van der Waals surface area contributed by atoms with Gasteiger partial charge in [-0.05, 0) is 49.6 Å². The zero-order chi connectivity index (χ0) is 13.7. The second-order valence-electron chi connectivity index (χ2n) is 5.42. The van der Waals surface area contributed by atoms with Crippen LogP contribution < -0.4 is 10.2 Å². The van der Waals surface area contributed by atoms with Gasteiger partial charge in [0.2, 0.25) is 0 Å². The number of aryl methyl sites for hydroxylation is 1. The van der Waals surface area contributed by atoms with Crippen molar-refractivity contribution in [2.45, 2.75) is 39.3 Å². The van der Waals surface area contributed by atoms with Gasteiger partial charge >= 0.3 is 0 Å². The fourth-order valence-electron chi connectivity index (χ4n) is 2.54. The summed E-state index contributed by atoms with van der Waals surface area (Å²) in [5.41, 5.74) is 4.06. The Kier molecular flexibility index (Phi) is 5.23. The molecule has 3 nitrogen and oxygen atoms in total. The molecule has 1 atom stereocenters. The molecule has 1 aromatic rings.